The van der Waals surface area contributed by atoms with Crippen LogP contribution in [0.4, 0.5) is 0 Å². The molecule has 7 nitrogen and oxygen atoms in total. The molecule has 0 aliphatic carbocycles. The third-order valence-electron chi connectivity index (χ3n) is 2.82. The average Bonchev–Trinajstić information content (AvgIpc) is 2.81. The summed E-state index contributed by atoms with van der Waals surface area (Å²) in [5, 5.41) is 9.38. The number of aliphatic carboxylic acids is 1. The maximum absolute atomic E-state index is 11.6. The lowest BCUT2D eigenvalue weighted by atomic mass is 10.1. The number of aromatic nitrogens is 1. The van der Waals surface area contributed by atoms with Crippen LogP contribution >= 0.6 is 0 Å². The summed E-state index contributed by atoms with van der Waals surface area (Å²) in [6, 6.07) is 6.87. The number of hydrogen-bond donors (Lipinski definition) is 4. The molecule has 2 aromatic rings. The Bertz CT molecular complexity index is 623. The minimum atomic E-state index is -1.17. The molecule has 2 rings (SSSR count). The maximum Gasteiger partial charge on any atom is 0.332 e. The van der Waals surface area contributed by atoms with Crippen molar-refractivity contribution in [2.24, 2.45) is 5.73 Å². The molecule has 1 unspecified atom stereocenters. The SMILES string of the molecule is NC(Cc1c[nH]c2ccccc12)C(=O)NOCC(=O)O. The standard InChI is InChI=1S/C13H15N3O4/c14-10(13(19)16-20-7-12(17)18)5-8-6-15-11-4-2-1-3-9(8)11/h1-4,6,10,15H,5,7,14H2,(H,16,19)(H,17,18). The minimum absolute atomic E-state index is 0.326. The van der Waals surface area contributed by atoms with E-state index in [-0.39, 0.29) is 0 Å². The number of hydroxylamine groups is 1. The van der Waals surface area contributed by atoms with Crippen LogP contribution in [0, 0.1) is 0 Å². The molecule has 1 atom stereocenters. The zero-order chi connectivity index (χ0) is 14.5. The second kappa shape index (κ2) is 6.18. The highest BCUT2D eigenvalue weighted by molar-refractivity contribution is 5.85. The Labute approximate surface area is 114 Å². The van der Waals surface area contributed by atoms with Gasteiger partial charge < -0.3 is 15.8 Å². The van der Waals surface area contributed by atoms with Gasteiger partial charge in [0.1, 0.15) is 0 Å². The van der Waals surface area contributed by atoms with Crippen molar-refractivity contribution in [2.45, 2.75) is 12.5 Å². The molecule has 0 aliphatic heterocycles. The third-order valence-corrected chi connectivity index (χ3v) is 2.82. The summed E-state index contributed by atoms with van der Waals surface area (Å²) in [4.78, 5) is 29.5. The molecule has 0 saturated carbocycles. The number of hydrogen-bond acceptors (Lipinski definition) is 4. The van der Waals surface area contributed by atoms with Gasteiger partial charge in [-0.2, -0.15) is 0 Å². The Morgan fingerprint density at radius 2 is 2.15 bits per heavy atom. The van der Waals surface area contributed by atoms with Crippen molar-refractivity contribution < 1.29 is 19.5 Å². The van der Waals surface area contributed by atoms with Crippen LogP contribution in [0.3, 0.4) is 0 Å². The molecule has 0 spiro atoms. The molecular formula is C13H15N3O4. The number of carboxylic acid groups (broad SMARTS) is 1. The lowest BCUT2D eigenvalue weighted by Crippen LogP contribution is -2.42. The van der Waals surface area contributed by atoms with Crippen molar-refractivity contribution in [2.75, 3.05) is 6.61 Å². The molecule has 1 aromatic carbocycles. The van der Waals surface area contributed by atoms with E-state index in [1.54, 1.807) is 6.20 Å². The van der Waals surface area contributed by atoms with Crippen molar-refractivity contribution in [3.05, 3.63) is 36.0 Å². The first-order valence-electron chi connectivity index (χ1n) is 6.02. The zero-order valence-electron chi connectivity index (χ0n) is 10.6. The van der Waals surface area contributed by atoms with Gasteiger partial charge in [-0.1, -0.05) is 18.2 Å². The Hall–Kier alpha value is -2.38. The quantitative estimate of drug-likeness (QED) is 0.561. The number of carbonyl (C=O) groups excluding carboxylic acids is 1. The zero-order valence-corrected chi connectivity index (χ0v) is 10.6. The first-order valence-corrected chi connectivity index (χ1v) is 6.02. The fraction of sp³-hybridized carbons (Fsp3) is 0.231. The molecular weight excluding hydrogens is 262 g/mol. The topological polar surface area (TPSA) is 117 Å². The molecule has 5 N–H and O–H groups in total. The maximum atomic E-state index is 11.6. The van der Waals surface area contributed by atoms with E-state index in [2.05, 4.69) is 9.82 Å². The third kappa shape index (κ3) is 3.34. The molecule has 0 bridgehead atoms. The van der Waals surface area contributed by atoms with Crippen molar-refractivity contribution in [3.63, 3.8) is 0 Å². The van der Waals surface area contributed by atoms with Crippen LogP contribution in [0.2, 0.25) is 0 Å². The fourth-order valence-corrected chi connectivity index (χ4v) is 1.87. The van der Waals surface area contributed by atoms with Crippen LogP contribution in [0.25, 0.3) is 10.9 Å². The Morgan fingerprint density at radius 1 is 1.40 bits per heavy atom. The minimum Gasteiger partial charge on any atom is -0.479 e. The smallest absolute Gasteiger partial charge is 0.332 e. The first kappa shape index (κ1) is 14.0. The van der Waals surface area contributed by atoms with Gasteiger partial charge in [-0.3, -0.25) is 9.63 Å². The number of nitrogens with one attached hydrogen (secondary N) is 2. The number of carboxylic acids is 1. The van der Waals surface area contributed by atoms with Gasteiger partial charge in [-0.05, 0) is 18.1 Å². The fourth-order valence-electron chi connectivity index (χ4n) is 1.87. The molecule has 0 fully saturated rings. The lowest BCUT2D eigenvalue weighted by molar-refractivity contribution is -0.149. The van der Waals surface area contributed by atoms with Gasteiger partial charge in [0.05, 0.1) is 6.04 Å². The lowest BCUT2D eigenvalue weighted by Gasteiger charge is -2.10. The van der Waals surface area contributed by atoms with Crippen LogP contribution in [-0.4, -0.2) is 34.6 Å². The van der Waals surface area contributed by atoms with E-state index in [9.17, 15) is 9.59 Å². The predicted octanol–water partition coefficient (Wildman–Crippen LogP) is 0.170. The normalized spacial score (nSPS) is 12.2. The number of H-pyrrole nitrogens is 1. The van der Waals surface area contributed by atoms with E-state index in [1.807, 2.05) is 29.7 Å². The van der Waals surface area contributed by atoms with Crippen molar-refractivity contribution in [3.8, 4) is 0 Å². The summed E-state index contributed by atoms with van der Waals surface area (Å²) in [6.07, 6.45) is 2.13. The summed E-state index contributed by atoms with van der Waals surface area (Å²) >= 11 is 0. The van der Waals surface area contributed by atoms with Crippen LogP contribution < -0.4 is 11.2 Å². The van der Waals surface area contributed by atoms with Gasteiger partial charge in [0, 0.05) is 17.1 Å². The number of rotatable bonds is 6. The van der Waals surface area contributed by atoms with Crippen LogP contribution in [0.15, 0.2) is 30.5 Å². The predicted molar refractivity (Wildman–Crippen MR) is 71.7 cm³/mol. The number of aromatic amines is 1. The molecule has 0 saturated heterocycles. The van der Waals surface area contributed by atoms with Gasteiger partial charge in [-0.25, -0.2) is 10.3 Å². The van der Waals surface area contributed by atoms with Crippen LogP contribution in [0.1, 0.15) is 5.56 Å². The Kier molecular flexibility index (Phi) is 4.34. The van der Waals surface area contributed by atoms with Gasteiger partial charge in [-0.15, -0.1) is 0 Å². The number of carbonyl (C=O) groups is 2. The van der Waals surface area contributed by atoms with Gasteiger partial charge in [0.2, 0.25) is 0 Å². The van der Waals surface area contributed by atoms with E-state index in [0.717, 1.165) is 16.5 Å². The summed E-state index contributed by atoms with van der Waals surface area (Å²) in [5.41, 5.74) is 9.67. The molecule has 7 heteroatoms. The van der Waals surface area contributed by atoms with Gasteiger partial charge in [0.25, 0.3) is 5.91 Å². The van der Waals surface area contributed by atoms with Crippen molar-refractivity contribution in [1.82, 2.24) is 10.5 Å². The summed E-state index contributed by atoms with van der Waals surface area (Å²) < 4.78 is 0. The first-order chi connectivity index (χ1) is 9.58. The molecule has 106 valence electrons. The van der Waals surface area contributed by atoms with Gasteiger partial charge >= 0.3 is 5.97 Å². The summed E-state index contributed by atoms with van der Waals surface area (Å²) in [7, 11) is 0. The van der Waals surface area contributed by atoms with E-state index in [1.165, 1.54) is 0 Å². The average molecular weight is 277 g/mol. The molecule has 1 heterocycles. The van der Waals surface area contributed by atoms with Gasteiger partial charge in [0.15, 0.2) is 6.61 Å². The molecule has 20 heavy (non-hydrogen) atoms. The highest BCUT2D eigenvalue weighted by Gasteiger charge is 2.16. The van der Waals surface area contributed by atoms with Crippen molar-refractivity contribution in [1.29, 1.82) is 0 Å². The summed E-state index contributed by atoms with van der Waals surface area (Å²) in [5.74, 6) is -1.73. The summed E-state index contributed by atoms with van der Waals surface area (Å²) in [6.45, 7) is -0.606. The Morgan fingerprint density at radius 3 is 2.90 bits per heavy atom. The number of nitrogens with two attached hydrogens (primary N) is 1. The number of fused-ring (bicyclic) bond motifs is 1. The molecule has 0 aliphatic rings. The molecule has 1 amide bonds. The van der Waals surface area contributed by atoms with Crippen LogP contribution in [-0.2, 0) is 20.8 Å². The molecule has 0 radical (unpaired) electrons. The molecule has 1 aromatic heterocycles. The van der Waals surface area contributed by atoms with E-state index in [4.69, 9.17) is 10.8 Å². The highest BCUT2D eigenvalue weighted by atomic mass is 16.7. The number of amides is 1. The van der Waals surface area contributed by atoms with E-state index < -0.39 is 24.5 Å². The van der Waals surface area contributed by atoms with E-state index >= 15 is 0 Å². The number of para-hydroxylation sites is 1. The van der Waals surface area contributed by atoms with Crippen LogP contribution in [0.5, 0.6) is 0 Å². The second-order valence-corrected chi connectivity index (χ2v) is 4.32. The van der Waals surface area contributed by atoms with Crippen molar-refractivity contribution >= 4 is 22.8 Å². The van der Waals surface area contributed by atoms with E-state index in [0.29, 0.717) is 6.42 Å². The largest absolute Gasteiger partial charge is 0.479 e. The second-order valence-electron chi connectivity index (χ2n) is 4.32. The highest BCUT2D eigenvalue weighted by Crippen LogP contribution is 2.18. The Balaban J connectivity index is 1.95. The monoisotopic (exact) mass is 277 g/mol. The number of benzene rings is 1.